The summed E-state index contributed by atoms with van der Waals surface area (Å²) in [5.74, 6) is 0.414. The molecule has 24 heavy (non-hydrogen) atoms. The largest absolute Gasteiger partial charge is 0.444 e. The second kappa shape index (κ2) is 8.55. The number of rotatable bonds is 6. The van der Waals surface area contributed by atoms with Crippen LogP contribution < -0.4 is 16.4 Å². The van der Waals surface area contributed by atoms with Crippen molar-refractivity contribution in [1.29, 1.82) is 0 Å². The Labute approximate surface area is 146 Å². The number of ether oxygens (including phenoxy) is 1. The molecule has 1 rings (SSSR count). The van der Waals surface area contributed by atoms with E-state index in [1.807, 2.05) is 34.6 Å². The van der Waals surface area contributed by atoms with Crippen LogP contribution in [-0.2, 0) is 4.74 Å². The summed E-state index contributed by atoms with van der Waals surface area (Å²) in [6.45, 7) is 14.9. The lowest BCUT2D eigenvalue weighted by atomic mass is 10.1. The van der Waals surface area contributed by atoms with Crippen molar-refractivity contribution in [3.05, 3.63) is 0 Å². The molecule has 0 spiro atoms. The fourth-order valence-electron chi connectivity index (χ4n) is 2.72. The van der Waals surface area contributed by atoms with Crippen LogP contribution in [0.1, 0.15) is 54.4 Å². The number of guanidine groups is 1. The van der Waals surface area contributed by atoms with Crippen LogP contribution in [0, 0.1) is 0 Å². The van der Waals surface area contributed by atoms with E-state index < -0.39 is 17.2 Å². The number of carbonyl (C=O) groups is 1. The number of amides is 1. The van der Waals surface area contributed by atoms with Gasteiger partial charge in [0, 0.05) is 12.6 Å². The SMILES string of the molecule is CCN1CCCC1CNC(N)=NCC(C)(C)NC(=O)OC(C)(C)C. The number of hydrogen-bond donors (Lipinski definition) is 3. The lowest BCUT2D eigenvalue weighted by molar-refractivity contribution is 0.0476. The molecule has 0 bridgehead atoms. The van der Waals surface area contributed by atoms with Crippen LogP contribution in [-0.4, -0.2) is 60.3 Å². The van der Waals surface area contributed by atoms with Gasteiger partial charge < -0.3 is 21.1 Å². The van der Waals surface area contributed by atoms with E-state index in [0.717, 1.165) is 19.6 Å². The monoisotopic (exact) mass is 341 g/mol. The maximum Gasteiger partial charge on any atom is 0.408 e. The predicted molar refractivity (Wildman–Crippen MR) is 98.2 cm³/mol. The fourth-order valence-corrected chi connectivity index (χ4v) is 2.72. The number of hydrogen-bond acceptors (Lipinski definition) is 4. The molecule has 0 aromatic carbocycles. The lowest BCUT2D eigenvalue weighted by Gasteiger charge is -2.27. The van der Waals surface area contributed by atoms with Crippen molar-refractivity contribution in [2.75, 3.05) is 26.2 Å². The molecule has 140 valence electrons. The zero-order chi connectivity index (χ0) is 18.4. The first-order chi connectivity index (χ1) is 11.0. The highest BCUT2D eigenvalue weighted by Crippen LogP contribution is 2.15. The Morgan fingerprint density at radius 2 is 2.00 bits per heavy atom. The Bertz CT molecular complexity index is 443. The number of aliphatic imine (C=N–C) groups is 1. The van der Waals surface area contributed by atoms with Gasteiger partial charge in [-0.15, -0.1) is 0 Å². The highest BCUT2D eigenvalue weighted by molar-refractivity contribution is 5.78. The summed E-state index contributed by atoms with van der Waals surface area (Å²) in [4.78, 5) is 18.7. The Morgan fingerprint density at radius 3 is 2.58 bits per heavy atom. The van der Waals surface area contributed by atoms with Crippen LogP contribution >= 0.6 is 0 Å². The van der Waals surface area contributed by atoms with E-state index in [4.69, 9.17) is 10.5 Å². The normalized spacial score (nSPS) is 20.1. The van der Waals surface area contributed by atoms with E-state index >= 15 is 0 Å². The number of nitrogens with zero attached hydrogens (tertiary/aromatic N) is 2. The number of nitrogens with two attached hydrogens (primary N) is 1. The predicted octanol–water partition coefficient (Wildman–Crippen LogP) is 1.68. The van der Waals surface area contributed by atoms with E-state index in [1.54, 1.807) is 0 Å². The Balaban J connectivity index is 2.40. The molecule has 1 unspecified atom stereocenters. The summed E-state index contributed by atoms with van der Waals surface area (Å²) in [5.41, 5.74) is 4.91. The molecule has 0 aromatic heterocycles. The number of carbonyl (C=O) groups excluding carboxylic acids is 1. The van der Waals surface area contributed by atoms with Crippen molar-refractivity contribution in [2.24, 2.45) is 10.7 Å². The first-order valence-electron chi connectivity index (χ1n) is 8.81. The first kappa shape index (κ1) is 20.5. The number of nitrogens with one attached hydrogen (secondary N) is 2. The molecule has 1 heterocycles. The molecule has 1 fully saturated rings. The van der Waals surface area contributed by atoms with Gasteiger partial charge in [0.2, 0.25) is 0 Å². The molecule has 0 radical (unpaired) electrons. The van der Waals surface area contributed by atoms with Gasteiger partial charge in [0.25, 0.3) is 0 Å². The van der Waals surface area contributed by atoms with Crippen molar-refractivity contribution < 1.29 is 9.53 Å². The van der Waals surface area contributed by atoms with E-state index in [0.29, 0.717) is 18.5 Å². The third kappa shape index (κ3) is 7.86. The van der Waals surface area contributed by atoms with Gasteiger partial charge in [-0.25, -0.2) is 4.79 Å². The van der Waals surface area contributed by atoms with Crippen LogP contribution in [0.25, 0.3) is 0 Å². The highest BCUT2D eigenvalue weighted by Gasteiger charge is 2.25. The maximum absolute atomic E-state index is 11.9. The summed E-state index contributed by atoms with van der Waals surface area (Å²) in [6, 6.07) is 0.525. The van der Waals surface area contributed by atoms with Crippen LogP contribution in [0.15, 0.2) is 4.99 Å². The van der Waals surface area contributed by atoms with Crippen molar-refractivity contribution in [1.82, 2.24) is 15.5 Å². The molecule has 1 aliphatic rings. The van der Waals surface area contributed by atoms with E-state index in [9.17, 15) is 4.79 Å². The van der Waals surface area contributed by atoms with Gasteiger partial charge in [-0.1, -0.05) is 6.92 Å². The number of likely N-dealkylation sites (N-methyl/N-ethyl adjacent to an activating group) is 1. The van der Waals surface area contributed by atoms with Crippen molar-refractivity contribution in [3.8, 4) is 0 Å². The quantitative estimate of drug-likeness (QED) is 0.505. The molecule has 1 amide bonds. The van der Waals surface area contributed by atoms with Gasteiger partial charge in [0.15, 0.2) is 5.96 Å². The summed E-state index contributed by atoms with van der Waals surface area (Å²) in [7, 11) is 0. The lowest BCUT2D eigenvalue weighted by Crippen LogP contribution is -2.49. The molecule has 7 nitrogen and oxygen atoms in total. The average molecular weight is 342 g/mol. The molecule has 7 heteroatoms. The number of alkyl carbamates (subject to hydrolysis) is 1. The fraction of sp³-hybridized carbons (Fsp3) is 0.882. The van der Waals surface area contributed by atoms with Gasteiger partial charge in [-0.3, -0.25) is 9.89 Å². The molecule has 0 saturated carbocycles. The molecular weight excluding hydrogens is 306 g/mol. The first-order valence-corrected chi connectivity index (χ1v) is 8.81. The zero-order valence-electron chi connectivity index (χ0n) is 16.1. The Morgan fingerprint density at radius 1 is 1.33 bits per heavy atom. The van der Waals surface area contributed by atoms with Gasteiger partial charge in [-0.2, -0.15) is 0 Å². The molecule has 0 aromatic rings. The van der Waals surface area contributed by atoms with Crippen LogP contribution in [0.2, 0.25) is 0 Å². The van der Waals surface area contributed by atoms with Crippen LogP contribution in [0.4, 0.5) is 4.79 Å². The van der Waals surface area contributed by atoms with Crippen molar-refractivity contribution >= 4 is 12.1 Å². The third-order valence-corrected chi connectivity index (χ3v) is 3.91. The summed E-state index contributed by atoms with van der Waals surface area (Å²) in [5, 5.41) is 6.02. The molecule has 4 N–H and O–H groups in total. The highest BCUT2D eigenvalue weighted by atomic mass is 16.6. The summed E-state index contributed by atoms with van der Waals surface area (Å²) < 4.78 is 5.27. The smallest absolute Gasteiger partial charge is 0.408 e. The maximum atomic E-state index is 11.9. The van der Waals surface area contributed by atoms with Crippen molar-refractivity contribution in [2.45, 2.75) is 71.6 Å². The standard InChI is InChI=1S/C17H35N5O2/c1-7-22-10-8-9-13(22)11-19-14(18)20-12-17(5,6)21-15(23)24-16(2,3)4/h13H,7-12H2,1-6H3,(H,21,23)(H3,18,19,20). The minimum atomic E-state index is -0.530. The average Bonchev–Trinajstić information content (AvgIpc) is 2.87. The Kier molecular flexibility index (Phi) is 7.32. The summed E-state index contributed by atoms with van der Waals surface area (Å²) >= 11 is 0. The molecule has 1 aliphatic heterocycles. The van der Waals surface area contributed by atoms with Crippen LogP contribution in [0.3, 0.4) is 0 Å². The van der Waals surface area contributed by atoms with Crippen molar-refractivity contribution in [3.63, 3.8) is 0 Å². The van der Waals surface area contributed by atoms with Crippen LogP contribution in [0.5, 0.6) is 0 Å². The van der Waals surface area contributed by atoms with Gasteiger partial charge >= 0.3 is 6.09 Å². The minimum absolute atomic E-state index is 0.382. The van der Waals surface area contributed by atoms with Gasteiger partial charge in [-0.05, 0) is 60.5 Å². The van der Waals surface area contributed by atoms with Gasteiger partial charge in [0.05, 0.1) is 12.1 Å². The molecule has 0 aliphatic carbocycles. The zero-order valence-corrected chi connectivity index (χ0v) is 16.1. The molecule has 1 saturated heterocycles. The second-order valence-corrected chi connectivity index (χ2v) is 8.02. The minimum Gasteiger partial charge on any atom is -0.444 e. The number of likely N-dealkylation sites (tertiary alicyclic amines) is 1. The topological polar surface area (TPSA) is 92.0 Å². The Hall–Kier alpha value is -1.50. The third-order valence-electron chi connectivity index (χ3n) is 3.91. The molecular formula is C17H35N5O2. The van der Waals surface area contributed by atoms with E-state index in [2.05, 4.69) is 27.4 Å². The van der Waals surface area contributed by atoms with E-state index in [-0.39, 0.29) is 0 Å². The second-order valence-electron chi connectivity index (χ2n) is 8.02. The van der Waals surface area contributed by atoms with Gasteiger partial charge in [0.1, 0.15) is 5.60 Å². The van der Waals surface area contributed by atoms with E-state index in [1.165, 1.54) is 12.8 Å². The molecule has 1 atom stereocenters. The summed E-state index contributed by atoms with van der Waals surface area (Å²) in [6.07, 6.45) is 1.99.